The summed E-state index contributed by atoms with van der Waals surface area (Å²) in [6, 6.07) is 0. The zero-order valence-electron chi connectivity index (χ0n) is 3.70. The van der Waals surface area contributed by atoms with Crippen LogP contribution >= 0.6 is 0 Å². The van der Waals surface area contributed by atoms with Gasteiger partial charge in [-0.3, -0.25) is 5.73 Å². The first-order chi connectivity index (χ1) is 3.21. The highest BCUT2D eigenvalue weighted by molar-refractivity contribution is 5.74. The third-order valence-electron chi connectivity index (χ3n) is 0.709. The summed E-state index contributed by atoms with van der Waals surface area (Å²) in [4.78, 5) is 3.47. The zero-order chi connectivity index (χ0) is 5.33. The van der Waals surface area contributed by atoms with Crippen LogP contribution in [0.5, 0.6) is 0 Å². The number of hydrogen-bond acceptors (Lipinski definition) is 3. The van der Waals surface area contributed by atoms with Gasteiger partial charge in [0.25, 0.3) is 0 Å². The number of allylic oxidation sites excluding steroid dienone is 1. The summed E-state index contributed by atoms with van der Waals surface area (Å²) in [7, 11) is 0. The Balaban J connectivity index is 2.77. The average molecular weight is 98.1 g/mol. The van der Waals surface area contributed by atoms with E-state index in [2.05, 4.69) is 4.99 Å². The van der Waals surface area contributed by atoms with Crippen LogP contribution in [0.25, 0.3) is 0 Å². The van der Waals surface area contributed by atoms with E-state index in [0.29, 0.717) is 0 Å². The van der Waals surface area contributed by atoms with Crippen molar-refractivity contribution in [2.45, 2.75) is 5.85 Å². The van der Waals surface area contributed by atoms with Gasteiger partial charge in [0.15, 0.2) is 0 Å². The molecule has 1 aliphatic rings. The van der Waals surface area contributed by atoms with Gasteiger partial charge in [-0.1, -0.05) is 0 Å². The Morgan fingerprint density at radius 2 is 2.43 bits per heavy atom. The Morgan fingerprint density at radius 3 is 2.57 bits per heavy atom. The Labute approximate surface area is 41.2 Å². The summed E-state index contributed by atoms with van der Waals surface area (Å²) in [6.07, 6.45) is 4.47. The lowest BCUT2D eigenvalue weighted by Gasteiger charge is -2.06. The van der Waals surface area contributed by atoms with Crippen molar-refractivity contribution in [2.24, 2.45) is 10.7 Å². The molecule has 1 unspecified atom stereocenters. The molecule has 0 amide bonds. The lowest BCUT2D eigenvalue weighted by Crippen LogP contribution is -2.32. The van der Waals surface area contributed by atoms with Gasteiger partial charge in [0.2, 0.25) is 5.85 Å². The standard InChI is InChI=1S/C4H6N2O/c5-4(7)2-1-3-6-4/h1-3,7H,5H2. The van der Waals surface area contributed by atoms with Gasteiger partial charge in [0, 0.05) is 6.21 Å². The molecule has 0 spiro atoms. The van der Waals surface area contributed by atoms with E-state index in [-0.39, 0.29) is 0 Å². The molecule has 0 aromatic heterocycles. The maximum absolute atomic E-state index is 8.69. The summed E-state index contributed by atoms with van der Waals surface area (Å²) in [6.45, 7) is 0. The van der Waals surface area contributed by atoms with Crippen LogP contribution in [0.15, 0.2) is 17.1 Å². The lowest BCUT2D eigenvalue weighted by atomic mass is 10.4. The lowest BCUT2D eigenvalue weighted by molar-refractivity contribution is 0.112. The molecule has 3 nitrogen and oxygen atoms in total. The van der Waals surface area contributed by atoms with Crippen LogP contribution < -0.4 is 5.73 Å². The van der Waals surface area contributed by atoms with Crippen molar-refractivity contribution in [3.05, 3.63) is 12.2 Å². The molecule has 7 heavy (non-hydrogen) atoms. The molecule has 1 aliphatic heterocycles. The number of nitrogens with zero attached hydrogens (tertiary/aromatic N) is 1. The van der Waals surface area contributed by atoms with E-state index in [0.717, 1.165) is 0 Å². The van der Waals surface area contributed by atoms with E-state index in [1.165, 1.54) is 12.3 Å². The van der Waals surface area contributed by atoms with Gasteiger partial charge < -0.3 is 5.11 Å². The molecule has 1 rings (SSSR count). The molecule has 0 aromatic carbocycles. The molecule has 1 heterocycles. The fourth-order valence-corrected chi connectivity index (χ4v) is 0.390. The predicted octanol–water partition coefficient (Wildman–Crippen LogP) is -0.768. The highest BCUT2D eigenvalue weighted by Crippen LogP contribution is 2.02. The molecule has 0 saturated heterocycles. The van der Waals surface area contributed by atoms with Gasteiger partial charge in [-0.25, -0.2) is 4.99 Å². The largest absolute Gasteiger partial charge is 0.354 e. The topological polar surface area (TPSA) is 58.6 Å². The summed E-state index contributed by atoms with van der Waals surface area (Å²) < 4.78 is 0. The summed E-state index contributed by atoms with van der Waals surface area (Å²) in [5, 5.41) is 8.69. The van der Waals surface area contributed by atoms with Crippen LogP contribution in [0.1, 0.15) is 0 Å². The van der Waals surface area contributed by atoms with Crippen molar-refractivity contribution in [3.63, 3.8) is 0 Å². The molecule has 38 valence electrons. The third-order valence-corrected chi connectivity index (χ3v) is 0.709. The molecule has 0 aliphatic carbocycles. The van der Waals surface area contributed by atoms with Crippen molar-refractivity contribution >= 4 is 6.21 Å². The first-order valence-electron chi connectivity index (χ1n) is 1.95. The SMILES string of the molecule is NC1(O)C=CC=N1. The number of nitrogens with two attached hydrogens (primary N) is 1. The summed E-state index contributed by atoms with van der Waals surface area (Å²) >= 11 is 0. The number of hydrogen-bond donors (Lipinski definition) is 2. The molecule has 0 aromatic rings. The highest BCUT2D eigenvalue weighted by atomic mass is 16.3. The van der Waals surface area contributed by atoms with E-state index in [9.17, 15) is 0 Å². The van der Waals surface area contributed by atoms with E-state index in [4.69, 9.17) is 10.8 Å². The predicted molar refractivity (Wildman–Crippen MR) is 26.8 cm³/mol. The van der Waals surface area contributed by atoms with E-state index in [1.54, 1.807) is 6.08 Å². The van der Waals surface area contributed by atoms with Crippen LogP contribution in [0.2, 0.25) is 0 Å². The first kappa shape index (κ1) is 4.49. The molecule has 0 radical (unpaired) electrons. The molecule has 3 N–H and O–H groups in total. The van der Waals surface area contributed by atoms with Crippen molar-refractivity contribution in [1.29, 1.82) is 0 Å². The van der Waals surface area contributed by atoms with Gasteiger partial charge in [-0.15, -0.1) is 0 Å². The van der Waals surface area contributed by atoms with E-state index < -0.39 is 5.85 Å². The number of rotatable bonds is 0. The molecule has 1 atom stereocenters. The van der Waals surface area contributed by atoms with Crippen LogP contribution in [0.3, 0.4) is 0 Å². The Kier molecular flexibility index (Phi) is 0.736. The molecule has 0 fully saturated rings. The van der Waals surface area contributed by atoms with Crippen LogP contribution in [0.4, 0.5) is 0 Å². The van der Waals surface area contributed by atoms with Gasteiger partial charge >= 0.3 is 0 Å². The molecular weight excluding hydrogens is 92.1 g/mol. The van der Waals surface area contributed by atoms with E-state index in [1.807, 2.05) is 0 Å². The molecule has 0 saturated carbocycles. The fraction of sp³-hybridized carbons (Fsp3) is 0.250. The Morgan fingerprint density at radius 1 is 1.71 bits per heavy atom. The quantitative estimate of drug-likeness (QED) is 0.391. The summed E-state index contributed by atoms with van der Waals surface area (Å²) in [5.41, 5.74) is 5.05. The fourth-order valence-electron chi connectivity index (χ4n) is 0.390. The van der Waals surface area contributed by atoms with Gasteiger partial charge in [-0.05, 0) is 12.2 Å². The molecule has 3 heteroatoms. The van der Waals surface area contributed by atoms with Gasteiger partial charge in [-0.2, -0.15) is 0 Å². The maximum Gasteiger partial charge on any atom is 0.231 e. The molecular formula is C4H6N2O. The second-order valence-corrected chi connectivity index (χ2v) is 1.42. The second-order valence-electron chi connectivity index (χ2n) is 1.42. The second kappa shape index (κ2) is 1.15. The Hall–Kier alpha value is -0.670. The third kappa shape index (κ3) is 0.852. The Bertz CT molecular complexity index is 112. The van der Waals surface area contributed by atoms with Gasteiger partial charge in [0.05, 0.1) is 0 Å². The number of aliphatic hydroxyl groups is 1. The monoisotopic (exact) mass is 98.0 g/mol. The van der Waals surface area contributed by atoms with Crippen LogP contribution in [-0.4, -0.2) is 17.2 Å². The minimum Gasteiger partial charge on any atom is -0.354 e. The highest BCUT2D eigenvalue weighted by Gasteiger charge is 2.14. The van der Waals surface area contributed by atoms with Crippen LogP contribution in [0, 0.1) is 0 Å². The normalized spacial score (nSPS) is 37.4. The smallest absolute Gasteiger partial charge is 0.231 e. The van der Waals surface area contributed by atoms with E-state index >= 15 is 0 Å². The average Bonchev–Trinajstić information content (AvgIpc) is 1.84. The minimum absolute atomic E-state index is 1.41. The van der Waals surface area contributed by atoms with Crippen molar-refractivity contribution in [2.75, 3.05) is 0 Å². The first-order valence-corrected chi connectivity index (χ1v) is 1.95. The van der Waals surface area contributed by atoms with Crippen molar-refractivity contribution in [1.82, 2.24) is 0 Å². The number of aliphatic imine (C=N–C) groups is 1. The van der Waals surface area contributed by atoms with Gasteiger partial charge in [0.1, 0.15) is 0 Å². The zero-order valence-corrected chi connectivity index (χ0v) is 3.70. The molecule has 0 bridgehead atoms. The minimum atomic E-state index is -1.42. The summed E-state index contributed by atoms with van der Waals surface area (Å²) in [5.74, 6) is -1.42. The van der Waals surface area contributed by atoms with Crippen LogP contribution in [-0.2, 0) is 0 Å². The van der Waals surface area contributed by atoms with Crippen molar-refractivity contribution < 1.29 is 5.11 Å². The maximum atomic E-state index is 8.69. The van der Waals surface area contributed by atoms with Crippen molar-refractivity contribution in [3.8, 4) is 0 Å².